The summed E-state index contributed by atoms with van der Waals surface area (Å²) in [6.45, 7) is 0. The molecule has 234 valence electrons. The largest absolute Gasteiger partial charge is 0.309 e. The van der Waals surface area contributed by atoms with E-state index in [1.165, 1.54) is 38.5 Å². The summed E-state index contributed by atoms with van der Waals surface area (Å²) in [6.07, 6.45) is 0. The minimum absolute atomic E-state index is 0.599. The van der Waals surface area contributed by atoms with Gasteiger partial charge in [-0.3, -0.25) is 0 Å². The lowest BCUT2D eigenvalue weighted by molar-refractivity contribution is 0.763. The van der Waals surface area contributed by atoms with Gasteiger partial charge in [-0.2, -0.15) is 0 Å². The maximum absolute atomic E-state index is 5.49. The van der Waals surface area contributed by atoms with E-state index in [0.29, 0.717) is 5.82 Å². The first-order valence-electron chi connectivity index (χ1n) is 17.1. The van der Waals surface area contributed by atoms with E-state index in [9.17, 15) is 0 Å². The van der Waals surface area contributed by atoms with Crippen molar-refractivity contribution in [2.75, 3.05) is 0 Å². The number of nitrogens with zero attached hydrogens (tertiary/aromatic N) is 3. The van der Waals surface area contributed by atoms with Gasteiger partial charge in [0.25, 0.3) is 0 Å². The van der Waals surface area contributed by atoms with Crippen molar-refractivity contribution < 1.29 is 0 Å². The lowest BCUT2D eigenvalue weighted by Crippen LogP contribution is -2.29. The van der Waals surface area contributed by atoms with Gasteiger partial charge in [0, 0.05) is 38.7 Å². The molecule has 0 atom stereocenters. The smallest absolute Gasteiger partial charge is 0.160 e. The van der Waals surface area contributed by atoms with Crippen molar-refractivity contribution in [3.63, 3.8) is 0 Å². The summed E-state index contributed by atoms with van der Waals surface area (Å²) in [5, 5.41) is 2.50. The van der Waals surface area contributed by atoms with E-state index in [-0.39, 0.29) is 0 Å². The van der Waals surface area contributed by atoms with Gasteiger partial charge in [-0.25, -0.2) is 9.97 Å². The van der Waals surface area contributed by atoms with Crippen molar-refractivity contribution in [1.29, 1.82) is 0 Å². The quantitative estimate of drug-likeness (QED) is 0.188. The van der Waals surface area contributed by atoms with E-state index in [0.717, 1.165) is 39.3 Å². The van der Waals surface area contributed by atoms with Gasteiger partial charge in [-0.05, 0) is 53.1 Å². The number of hydrogen-bond donors (Lipinski definition) is 0. The number of benzene rings is 7. The van der Waals surface area contributed by atoms with Crippen LogP contribution in [-0.2, 0) is 5.41 Å². The van der Waals surface area contributed by atoms with Crippen molar-refractivity contribution in [1.82, 2.24) is 14.5 Å². The monoisotopic (exact) mass is 637 g/mol. The Bertz CT molecular complexity index is 2580. The normalized spacial score (nSPS) is 13.0. The number of fused-ring (bicyclic) bond motifs is 6. The molecule has 0 unspecified atom stereocenters. The van der Waals surface area contributed by atoms with Crippen molar-refractivity contribution in [3.8, 4) is 39.6 Å². The molecule has 0 saturated heterocycles. The molecule has 2 aromatic heterocycles. The van der Waals surface area contributed by atoms with Gasteiger partial charge >= 0.3 is 0 Å². The summed E-state index contributed by atoms with van der Waals surface area (Å²) < 4.78 is 2.34. The number of para-hydroxylation sites is 2. The van der Waals surface area contributed by atoms with Crippen molar-refractivity contribution in [3.05, 3.63) is 210 Å². The topological polar surface area (TPSA) is 30.7 Å². The molecule has 0 radical (unpaired) electrons. The molecular weight excluding hydrogens is 607 g/mol. The highest BCUT2D eigenvalue weighted by molar-refractivity contribution is 6.09. The zero-order valence-corrected chi connectivity index (χ0v) is 27.2. The Morgan fingerprint density at radius 3 is 1.52 bits per heavy atom. The summed E-state index contributed by atoms with van der Waals surface area (Å²) in [5.74, 6) is 0.711. The molecule has 3 nitrogen and oxygen atoms in total. The molecule has 0 bridgehead atoms. The minimum Gasteiger partial charge on any atom is -0.309 e. The highest BCUT2D eigenvalue weighted by Crippen LogP contribution is 2.58. The van der Waals surface area contributed by atoms with E-state index in [1.807, 2.05) is 0 Å². The van der Waals surface area contributed by atoms with Crippen molar-refractivity contribution >= 4 is 21.8 Å². The van der Waals surface area contributed by atoms with Gasteiger partial charge < -0.3 is 4.57 Å². The van der Waals surface area contributed by atoms with Crippen LogP contribution in [0.2, 0.25) is 0 Å². The van der Waals surface area contributed by atoms with Crippen LogP contribution in [0, 0.1) is 0 Å². The fourth-order valence-corrected chi connectivity index (χ4v) is 8.20. The van der Waals surface area contributed by atoms with Crippen LogP contribution in [0.15, 0.2) is 188 Å². The molecule has 7 aromatic carbocycles. The third-order valence-corrected chi connectivity index (χ3v) is 10.3. The van der Waals surface area contributed by atoms with Gasteiger partial charge in [0.05, 0.1) is 27.8 Å². The third-order valence-electron chi connectivity index (χ3n) is 10.3. The fraction of sp³-hybridized carbons (Fsp3) is 0.0213. The van der Waals surface area contributed by atoms with Gasteiger partial charge in [0.2, 0.25) is 0 Å². The molecule has 50 heavy (non-hydrogen) atoms. The van der Waals surface area contributed by atoms with Crippen molar-refractivity contribution in [2.24, 2.45) is 0 Å². The second-order valence-electron chi connectivity index (χ2n) is 12.9. The summed E-state index contributed by atoms with van der Waals surface area (Å²) >= 11 is 0. The standard InChI is InChI=1S/C47H31N3/c1-4-16-32(17-5-1)44-43-45(39-24-10-13-25-40(39)47(43,34-18-6-2-7-19-34)35-20-8-3-9-21-35)49-46(48-44)33-28-30-36(31-29-33)50-41-26-14-11-22-37(41)38-23-12-15-27-42(38)50/h1-31H. The lowest BCUT2D eigenvalue weighted by atomic mass is 9.67. The van der Waals surface area contributed by atoms with Crippen LogP contribution in [0.3, 0.4) is 0 Å². The second-order valence-corrected chi connectivity index (χ2v) is 12.9. The summed E-state index contributed by atoms with van der Waals surface area (Å²) in [7, 11) is 0. The molecule has 3 heteroatoms. The average Bonchev–Trinajstić information content (AvgIpc) is 3.70. The molecule has 0 saturated carbocycles. The first-order chi connectivity index (χ1) is 24.8. The SMILES string of the molecule is c1ccc(-c2nc(-c3ccc(-n4c5ccccc5c5ccccc54)cc3)nc3c2C(c2ccccc2)(c2ccccc2)c2ccccc2-3)cc1. The number of rotatable bonds is 5. The average molecular weight is 638 g/mol. The van der Waals surface area contributed by atoms with E-state index in [2.05, 4.69) is 193 Å². The molecule has 2 heterocycles. The van der Waals surface area contributed by atoms with E-state index < -0.39 is 5.41 Å². The fourth-order valence-electron chi connectivity index (χ4n) is 8.20. The van der Waals surface area contributed by atoms with E-state index in [1.54, 1.807) is 0 Å². The first-order valence-corrected chi connectivity index (χ1v) is 17.1. The molecule has 1 aliphatic rings. The Labute approximate surface area is 290 Å². The maximum atomic E-state index is 5.49. The molecule has 0 N–H and O–H groups in total. The Morgan fingerprint density at radius 2 is 0.900 bits per heavy atom. The van der Waals surface area contributed by atoms with Crippen LogP contribution in [0.1, 0.15) is 22.3 Å². The van der Waals surface area contributed by atoms with Crippen LogP contribution in [-0.4, -0.2) is 14.5 Å². The zero-order chi connectivity index (χ0) is 33.1. The highest BCUT2D eigenvalue weighted by Gasteiger charge is 2.49. The Morgan fingerprint density at radius 1 is 0.400 bits per heavy atom. The predicted octanol–water partition coefficient (Wildman–Crippen LogP) is 11.3. The lowest BCUT2D eigenvalue weighted by Gasteiger charge is -2.34. The molecule has 9 aromatic rings. The summed E-state index contributed by atoms with van der Waals surface area (Å²) in [6, 6.07) is 67.0. The van der Waals surface area contributed by atoms with Crippen LogP contribution >= 0.6 is 0 Å². The van der Waals surface area contributed by atoms with Gasteiger partial charge in [-0.15, -0.1) is 0 Å². The summed E-state index contributed by atoms with van der Waals surface area (Å²) in [5.41, 5.74) is 12.7. The molecule has 0 fully saturated rings. The Kier molecular flexibility index (Phi) is 6.40. The Balaban J connectivity index is 1.23. The summed E-state index contributed by atoms with van der Waals surface area (Å²) in [4.78, 5) is 11.0. The van der Waals surface area contributed by atoms with Crippen LogP contribution in [0.4, 0.5) is 0 Å². The highest BCUT2D eigenvalue weighted by atomic mass is 15.0. The first kappa shape index (κ1) is 28.4. The van der Waals surface area contributed by atoms with Crippen LogP contribution in [0.25, 0.3) is 61.4 Å². The molecule has 0 spiro atoms. The maximum Gasteiger partial charge on any atom is 0.160 e. The number of hydrogen-bond acceptors (Lipinski definition) is 2. The van der Waals surface area contributed by atoms with Gasteiger partial charge in [-0.1, -0.05) is 152 Å². The molecular formula is C47H31N3. The molecule has 0 aliphatic heterocycles. The van der Waals surface area contributed by atoms with Crippen molar-refractivity contribution in [2.45, 2.75) is 5.41 Å². The number of aromatic nitrogens is 3. The third kappa shape index (κ3) is 4.10. The minimum atomic E-state index is -0.599. The zero-order valence-electron chi connectivity index (χ0n) is 27.2. The van der Waals surface area contributed by atoms with Gasteiger partial charge in [0.15, 0.2) is 5.82 Å². The molecule has 0 amide bonds. The molecule has 10 rings (SSSR count). The molecule has 1 aliphatic carbocycles. The van der Waals surface area contributed by atoms with E-state index in [4.69, 9.17) is 9.97 Å². The van der Waals surface area contributed by atoms with Crippen LogP contribution in [0.5, 0.6) is 0 Å². The Hall–Kier alpha value is -6.58. The predicted molar refractivity (Wildman–Crippen MR) is 205 cm³/mol. The second kappa shape index (κ2) is 11.3. The van der Waals surface area contributed by atoms with Gasteiger partial charge in [0.1, 0.15) is 0 Å². The van der Waals surface area contributed by atoms with E-state index >= 15 is 0 Å². The van der Waals surface area contributed by atoms with Crippen LogP contribution < -0.4 is 0 Å².